The van der Waals surface area contributed by atoms with E-state index < -0.39 is 0 Å². The van der Waals surface area contributed by atoms with Gasteiger partial charge in [-0.15, -0.1) is 22.0 Å². The first-order valence-electron chi connectivity index (χ1n) is 9.60. The van der Waals surface area contributed by atoms with Crippen molar-refractivity contribution in [1.29, 1.82) is 0 Å². The second-order valence-electron chi connectivity index (χ2n) is 6.83. The van der Waals surface area contributed by atoms with Crippen molar-refractivity contribution in [3.63, 3.8) is 0 Å². The maximum Gasteiger partial charge on any atom is 0.234 e. The number of nitrogens with zero attached hydrogens (tertiary/aromatic N) is 3. The zero-order valence-electron chi connectivity index (χ0n) is 17.0. The Morgan fingerprint density at radius 2 is 1.83 bits per heavy atom. The number of rotatable bonds is 9. The Morgan fingerprint density at radius 3 is 2.55 bits per heavy atom. The summed E-state index contributed by atoms with van der Waals surface area (Å²) in [5.74, 6) is 2.96. The molecule has 0 bridgehead atoms. The van der Waals surface area contributed by atoms with Gasteiger partial charge in [-0.2, -0.15) is 0 Å². The van der Waals surface area contributed by atoms with Crippen LogP contribution in [-0.2, 0) is 22.8 Å². The van der Waals surface area contributed by atoms with E-state index >= 15 is 0 Å². The summed E-state index contributed by atoms with van der Waals surface area (Å²) in [5.41, 5.74) is 4.53. The van der Waals surface area contributed by atoms with Gasteiger partial charge in [-0.1, -0.05) is 53.7 Å². The normalized spacial score (nSPS) is 10.9. The van der Waals surface area contributed by atoms with Crippen molar-refractivity contribution in [2.75, 3.05) is 11.1 Å². The summed E-state index contributed by atoms with van der Waals surface area (Å²) in [7, 11) is 0. The highest BCUT2D eigenvalue weighted by atomic mass is 32.2. The second-order valence-corrected chi connectivity index (χ2v) is 8.76. The Labute approximate surface area is 180 Å². The van der Waals surface area contributed by atoms with Gasteiger partial charge in [-0.3, -0.25) is 4.79 Å². The lowest BCUT2D eigenvalue weighted by Crippen LogP contribution is -2.14. The quantitative estimate of drug-likeness (QED) is 0.484. The summed E-state index contributed by atoms with van der Waals surface area (Å²) in [4.78, 5) is 12.3. The molecule has 0 saturated heterocycles. The number of carbonyl (C=O) groups is 1. The highest BCUT2D eigenvalue weighted by Crippen LogP contribution is 2.22. The average molecular weight is 427 g/mol. The number of hydrogen-bond donors (Lipinski definition) is 1. The SMILES string of the molecule is CCn1c(CSCc2ccc(C)cc2)nnc1SCC(=O)Nc1cccc(C)c1. The van der Waals surface area contributed by atoms with Crippen LogP contribution in [-0.4, -0.2) is 26.4 Å². The van der Waals surface area contributed by atoms with Crippen LogP contribution in [0.4, 0.5) is 5.69 Å². The molecule has 0 spiro atoms. The molecule has 0 aliphatic heterocycles. The second kappa shape index (κ2) is 10.5. The van der Waals surface area contributed by atoms with Crippen molar-refractivity contribution in [3.8, 4) is 0 Å². The van der Waals surface area contributed by atoms with E-state index in [4.69, 9.17) is 0 Å². The molecule has 7 heteroatoms. The third-order valence-corrected chi connectivity index (χ3v) is 6.33. The molecule has 0 saturated carbocycles. The van der Waals surface area contributed by atoms with E-state index in [1.807, 2.05) is 43.0 Å². The minimum atomic E-state index is -0.0402. The third-order valence-electron chi connectivity index (χ3n) is 4.36. The van der Waals surface area contributed by atoms with E-state index in [2.05, 4.69) is 58.2 Å². The van der Waals surface area contributed by atoms with Gasteiger partial charge in [0.25, 0.3) is 0 Å². The average Bonchev–Trinajstić information content (AvgIpc) is 3.10. The molecule has 5 nitrogen and oxygen atoms in total. The van der Waals surface area contributed by atoms with Crippen LogP contribution < -0.4 is 5.32 Å². The zero-order chi connectivity index (χ0) is 20.6. The summed E-state index contributed by atoms with van der Waals surface area (Å²) in [6, 6.07) is 16.4. The molecule has 152 valence electrons. The van der Waals surface area contributed by atoms with Crippen LogP contribution in [0, 0.1) is 13.8 Å². The van der Waals surface area contributed by atoms with Crippen molar-refractivity contribution in [3.05, 3.63) is 71.0 Å². The molecule has 0 unspecified atom stereocenters. The van der Waals surface area contributed by atoms with Crippen LogP contribution in [0.1, 0.15) is 29.4 Å². The number of aryl methyl sites for hydroxylation is 2. The van der Waals surface area contributed by atoms with Gasteiger partial charge < -0.3 is 9.88 Å². The van der Waals surface area contributed by atoms with Crippen molar-refractivity contribution in [2.45, 2.75) is 44.0 Å². The summed E-state index contributed by atoms with van der Waals surface area (Å²) in [5, 5.41) is 12.4. The van der Waals surface area contributed by atoms with Gasteiger partial charge in [0.05, 0.1) is 11.5 Å². The molecule has 2 aromatic carbocycles. The molecule has 3 aromatic rings. The smallest absolute Gasteiger partial charge is 0.234 e. The van der Waals surface area contributed by atoms with E-state index in [0.717, 1.165) is 40.3 Å². The molecule has 0 aliphatic carbocycles. The van der Waals surface area contributed by atoms with Gasteiger partial charge >= 0.3 is 0 Å². The maximum atomic E-state index is 12.3. The first kappa shape index (κ1) is 21.5. The van der Waals surface area contributed by atoms with Crippen LogP contribution in [0.5, 0.6) is 0 Å². The number of thioether (sulfide) groups is 2. The number of benzene rings is 2. The summed E-state index contributed by atoms with van der Waals surface area (Å²) < 4.78 is 2.09. The monoisotopic (exact) mass is 426 g/mol. The van der Waals surface area contributed by atoms with Crippen molar-refractivity contribution >= 4 is 35.1 Å². The highest BCUT2D eigenvalue weighted by molar-refractivity contribution is 7.99. The number of aromatic nitrogens is 3. The van der Waals surface area contributed by atoms with Gasteiger partial charge in [0.15, 0.2) is 5.16 Å². The molecule has 1 amide bonds. The van der Waals surface area contributed by atoms with Crippen LogP contribution in [0.15, 0.2) is 53.7 Å². The van der Waals surface area contributed by atoms with Crippen LogP contribution in [0.25, 0.3) is 0 Å². The van der Waals surface area contributed by atoms with Crippen LogP contribution in [0.2, 0.25) is 0 Å². The third kappa shape index (κ3) is 6.37. The predicted octanol–water partition coefficient (Wildman–Crippen LogP) is 5.08. The molecule has 0 radical (unpaired) electrons. The minimum Gasteiger partial charge on any atom is -0.325 e. The van der Waals surface area contributed by atoms with E-state index in [0.29, 0.717) is 5.75 Å². The van der Waals surface area contributed by atoms with E-state index in [-0.39, 0.29) is 5.91 Å². The Morgan fingerprint density at radius 1 is 1.03 bits per heavy atom. The fourth-order valence-electron chi connectivity index (χ4n) is 2.84. The Hall–Kier alpha value is -2.25. The molecule has 1 heterocycles. The number of anilines is 1. The van der Waals surface area contributed by atoms with Crippen molar-refractivity contribution in [1.82, 2.24) is 14.8 Å². The number of nitrogens with one attached hydrogen (secondary N) is 1. The van der Waals surface area contributed by atoms with Crippen LogP contribution >= 0.6 is 23.5 Å². The molecule has 0 aliphatic rings. The topological polar surface area (TPSA) is 59.8 Å². The lowest BCUT2D eigenvalue weighted by Gasteiger charge is -2.08. The van der Waals surface area contributed by atoms with Gasteiger partial charge in [0.1, 0.15) is 5.82 Å². The molecular weight excluding hydrogens is 400 g/mol. The van der Waals surface area contributed by atoms with E-state index in [1.54, 1.807) is 0 Å². The van der Waals surface area contributed by atoms with E-state index in [1.165, 1.54) is 22.9 Å². The lowest BCUT2D eigenvalue weighted by atomic mass is 10.2. The zero-order valence-corrected chi connectivity index (χ0v) is 18.6. The number of carbonyl (C=O) groups excluding carboxylic acids is 1. The first-order chi connectivity index (χ1) is 14.0. The van der Waals surface area contributed by atoms with Crippen molar-refractivity contribution in [2.24, 2.45) is 0 Å². The number of amides is 1. The number of hydrogen-bond acceptors (Lipinski definition) is 5. The molecule has 1 aromatic heterocycles. The molecule has 1 N–H and O–H groups in total. The van der Waals surface area contributed by atoms with Crippen LogP contribution in [0.3, 0.4) is 0 Å². The lowest BCUT2D eigenvalue weighted by molar-refractivity contribution is -0.113. The first-order valence-corrected chi connectivity index (χ1v) is 11.7. The standard InChI is InChI=1S/C22H26N4OS2/c1-4-26-20(14-28-13-18-10-8-16(2)9-11-18)24-25-22(26)29-15-21(27)23-19-7-5-6-17(3)12-19/h5-12H,4,13-15H2,1-3H3,(H,23,27). The largest absolute Gasteiger partial charge is 0.325 e. The molecule has 29 heavy (non-hydrogen) atoms. The Balaban J connectivity index is 1.51. The van der Waals surface area contributed by atoms with Gasteiger partial charge in [-0.25, -0.2) is 0 Å². The van der Waals surface area contributed by atoms with E-state index in [9.17, 15) is 4.79 Å². The molecule has 0 atom stereocenters. The molecule has 0 fully saturated rings. The highest BCUT2D eigenvalue weighted by Gasteiger charge is 2.13. The summed E-state index contributed by atoms with van der Waals surface area (Å²) in [6.45, 7) is 6.97. The molecular formula is C22H26N4OS2. The van der Waals surface area contributed by atoms with Crippen molar-refractivity contribution < 1.29 is 4.79 Å². The fraction of sp³-hybridized carbons (Fsp3) is 0.318. The minimum absolute atomic E-state index is 0.0402. The van der Waals surface area contributed by atoms with Gasteiger partial charge in [-0.05, 0) is 44.0 Å². The van der Waals surface area contributed by atoms with Gasteiger partial charge in [0, 0.05) is 18.0 Å². The summed E-state index contributed by atoms with van der Waals surface area (Å²) in [6.07, 6.45) is 0. The molecule has 3 rings (SSSR count). The summed E-state index contributed by atoms with van der Waals surface area (Å²) >= 11 is 3.25. The Kier molecular flexibility index (Phi) is 7.77. The maximum absolute atomic E-state index is 12.3. The predicted molar refractivity (Wildman–Crippen MR) is 122 cm³/mol. The fourth-order valence-corrected chi connectivity index (χ4v) is 4.59. The Bertz CT molecular complexity index is 954. The van der Waals surface area contributed by atoms with Gasteiger partial charge in [0.2, 0.25) is 5.91 Å².